The van der Waals surface area contributed by atoms with Gasteiger partial charge in [0.1, 0.15) is 0 Å². The molecule has 0 aliphatic heterocycles. The van der Waals surface area contributed by atoms with Crippen molar-refractivity contribution in [3.63, 3.8) is 0 Å². The lowest BCUT2D eigenvalue weighted by Gasteiger charge is -2.15. The molecular formula is C16H23N7O3S. The van der Waals surface area contributed by atoms with Crippen molar-refractivity contribution >= 4 is 29.4 Å². The lowest BCUT2D eigenvalue weighted by molar-refractivity contribution is -0.119. The molecule has 27 heavy (non-hydrogen) atoms. The minimum Gasteiger partial charge on any atom is -0.353 e. The summed E-state index contributed by atoms with van der Waals surface area (Å²) in [7, 11) is 1.76. The molecule has 0 atom stereocenters. The average Bonchev–Trinajstić information content (AvgIpc) is 3.11. The average molecular weight is 393 g/mol. The van der Waals surface area contributed by atoms with E-state index < -0.39 is 0 Å². The van der Waals surface area contributed by atoms with Crippen LogP contribution in [-0.2, 0) is 16.6 Å². The van der Waals surface area contributed by atoms with E-state index >= 15 is 0 Å². The summed E-state index contributed by atoms with van der Waals surface area (Å²) in [5.74, 6) is 0.544. The molecule has 3 rings (SSSR count). The highest BCUT2D eigenvalue weighted by atomic mass is 32.2. The van der Waals surface area contributed by atoms with E-state index in [0.29, 0.717) is 11.0 Å². The van der Waals surface area contributed by atoms with Crippen LogP contribution in [0.4, 0.5) is 5.82 Å². The Morgan fingerprint density at radius 2 is 1.93 bits per heavy atom. The fourth-order valence-corrected chi connectivity index (χ4v) is 3.78. The van der Waals surface area contributed by atoms with Gasteiger partial charge in [-0.2, -0.15) is 0 Å². The number of anilines is 1. The smallest absolute Gasteiger partial charge is 0.230 e. The topological polar surface area (TPSA) is 128 Å². The minimum absolute atomic E-state index is 0.00140. The molecule has 0 spiro atoms. The molecular weight excluding hydrogens is 370 g/mol. The Labute approximate surface area is 160 Å². The van der Waals surface area contributed by atoms with E-state index in [-0.39, 0.29) is 35.1 Å². The van der Waals surface area contributed by atoms with Crippen LogP contribution in [0, 0.1) is 0 Å². The van der Waals surface area contributed by atoms with E-state index in [0.717, 1.165) is 12.8 Å². The zero-order valence-corrected chi connectivity index (χ0v) is 16.2. The first-order valence-electron chi connectivity index (χ1n) is 8.96. The van der Waals surface area contributed by atoms with E-state index in [9.17, 15) is 9.59 Å². The molecule has 11 heteroatoms. The molecule has 0 unspecified atom stereocenters. The van der Waals surface area contributed by atoms with Gasteiger partial charge in [0.25, 0.3) is 0 Å². The van der Waals surface area contributed by atoms with Crippen LogP contribution >= 0.6 is 11.8 Å². The summed E-state index contributed by atoms with van der Waals surface area (Å²) in [4.78, 5) is 23.5. The Balaban J connectivity index is 1.60. The molecule has 0 aromatic carbocycles. The van der Waals surface area contributed by atoms with Crippen LogP contribution in [0.3, 0.4) is 0 Å². The van der Waals surface area contributed by atoms with E-state index in [4.69, 9.17) is 4.63 Å². The lowest BCUT2D eigenvalue weighted by atomic mass is 10.1. The Kier molecular flexibility index (Phi) is 6.43. The maximum absolute atomic E-state index is 12.2. The summed E-state index contributed by atoms with van der Waals surface area (Å²) >= 11 is 1.30. The molecule has 1 saturated carbocycles. The summed E-state index contributed by atoms with van der Waals surface area (Å²) in [6, 6.07) is 0.275. The second kappa shape index (κ2) is 8.98. The molecule has 146 valence electrons. The van der Waals surface area contributed by atoms with Crippen LogP contribution in [0.25, 0.3) is 11.5 Å². The van der Waals surface area contributed by atoms with Crippen LogP contribution in [-0.4, -0.2) is 48.7 Å². The number of amides is 2. The quantitative estimate of drug-likeness (QED) is 0.561. The van der Waals surface area contributed by atoms with Crippen LogP contribution in [0.2, 0.25) is 0 Å². The van der Waals surface area contributed by atoms with Gasteiger partial charge in [-0.05, 0) is 23.2 Å². The summed E-state index contributed by atoms with van der Waals surface area (Å²) in [6.45, 7) is 1.36. The first-order chi connectivity index (χ1) is 13.0. The first kappa shape index (κ1) is 19.3. The largest absolute Gasteiger partial charge is 0.353 e. The van der Waals surface area contributed by atoms with Gasteiger partial charge < -0.3 is 15.2 Å². The van der Waals surface area contributed by atoms with Crippen molar-refractivity contribution in [2.45, 2.75) is 56.6 Å². The Morgan fingerprint density at radius 3 is 2.63 bits per heavy atom. The summed E-state index contributed by atoms with van der Waals surface area (Å²) in [6.07, 6.45) is 6.95. The van der Waals surface area contributed by atoms with Gasteiger partial charge in [-0.25, -0.2) is 4.63 Å². The van der Waals surface area contributed by atoms with Gasteiger partial charge >= 0.3 is 0 Å². The third-order valence-electron chi connectivity index (χ3n) is 4.38. The normalized spacial score (nSPS) is 15.3. The third-order valence-corrected chi connectivity index (χ3v) is 5.40. The molecule has 2 aromatic heterocycles. The standard InChI is InChI=1S/C16H23N7O3S/c1-10(24)17-14-13(21-26-22-14)15-19-20-16(23(15)2)27-9-12(25)18-11-7-5-3-4-6-8-11/h11H,3-9H2,1-2H3,(H,18,25)(H,17,22,24). The zero-order chi connectivity index (χ0) is 19.2. The van der Waals surface area contributed by atoms with Gasteiger partial charge in [-0.3, -0.25) is 9.59 Å². The Hall–Kier alpha value is -2.43. The van der Waals surface area contributed by atoms with Crippen molar-refractivity contribution < 1.29 is 14.2 Å². The van der Waals surface area contributed by atoms with E-state index in [1.165, 1.54) is 44.4 Å². The number of nitrogens with zero attached hydrogens (tertiary/aromatic N) is 5. The fourth-order valence-electron chi connectivity index (χ4n) is 3.05. The molecule has 0 radical (unpaired) electrons. The summed E-state index contributed by atoms with van der Waals surface area (Å²) in [5.41, 5.74) is 0.287. The summed E-state index contributed by atoms with van der Waals surface area (Å²) in [5, 5.41) is 21.8. The van der Waals surface area contributed by atoms with Crippen molar-refractivity contribution in [2.24, 2.45) is 7.05 Å². The van der Waals surface area contributed by atoms with Crippen molar-refractivity contribution in [2.75, 3.05) is 11.1 Å². The minimum atomic E-state index is -0.293. The van der Waals surface area contributed by atoms with Gasteiger partial charge in [0.15, 0.2) is 16.7 Å². The number of nitrogens with one attached hydrogen (secondary N) is 2. The molecule has 1 aliphatic carbocycles. The lowest BCUT2D eigenvalue weighted by Crippen LogP contribution is -2.35. The number of carbonyl (C=O) groups excluding carboxylic acids is 2. The summed E-state index contributed by atoms with van der Waals surface area (Å²) < 4.78 is 6.38. The molecule has 1 fully saturated rings. The van der Waals surface area contributed by atoms with Crippen LogP contribution < -0.4 is 10.6 Å². The number of hydrogen-bond acceptors (Lipinski definition) is 8. The zero-order valence-electron chi connectivity index (χ0n) is 15.4. The predicted molar refractivity (Wildman–Crippen MR) is 99.0 cm³/mol. The Morgan fingerprint density at radius 1 is 1.19 bits per heavy atom. The monoisotopic (exact) mass is 393 g/mol. The predicted octanol–water partition coefficient (Wildman–Crippen LogP) is 1.75. The third kappa shape index (κ3) is 5.06. The highest BCUT2D eigenvalue weighted by Crippen LogP contribution is 2.26. The van der Waals surface area contributed by atoms with Crippen molar-refractivity contribution in [1.82, 2.24) is 30.4 Å². The van der Waals surface area contributed by atoms with Crippen molar-refractivity contribution in [1.29, 1.82) is 0 Å². The first-order valence-corrected chi connectivity index (χ1v) is 9.95. The van der Waals surface area contributed by atoms with Gasteiger partial charge in [-0.1, -0.05) is 37.4 Å². The van der Waals surface area contributed by atoms with Gasteiger partial charge in [0.2, 0.25) is 17.6 Å². The SMILES string of the molecule is CC(=O)Nc1nonc1-c1nnc(SCC(=O)NC2CCCCCC2)n1C. The highest BCUT2D eigenvalue weighted by molar-refractivity contribution is 7.99. The molecule has 2 heterocycles. The number of hydrogen-bond donors (Lipinski definition) is 2. The maximum Gasteiger partial charge on any atom is 0.230 e. The van der Waals surface area contributed by atoms with Gasteiger partial charge in [0, 0.05) is 20.0 Å². The van der Waals surface area contributed by atoms with Crippen molar-refractivity contribution in [3.8, 4) is 11.5 Å². The maximum atomic E-state index is 12.2. The molecule has 1 aliphatic rings. The Bertz CT molecular complexity index is 796. The number of rotatable bonds is 6. The number of thioether (sulfide) groups is 1. The van der Waals surface area contributed by atoms with Gasteiger partial charge in [-0.15, -0.1) is 10.2 Å². The fraction of sp³-hybridized carbons (Fsp3) is 0.625. The van der Waals surface area contributed by atoms with E-state index in [2.05, 4.69) is 31.1 Å². The molecule has 0 bridgehead atoms. The van der Waals surface area contributed by atoms with Crippen molar-refractivity contribution in [3.05, 3.63) is 0 Å². The number of carbonyl (C=O) groups is 2. The molecule has 2 amide bonds. The molecule has 2 N–H and O–H groups in total. The second-order valence-electron chi connectivity index (χ2n) is 6.55. The van der Waals surface area contributed by atoms with Crippen LogP contribution in [0.5, 0.6) is 0 Å². The van der Waals surface area contributed by atoms with Crippen LogP contribution in [0.15, 0.2) is 9.79 Å². The van der Waals surface area contributed by atoms with E-state index in [1.807, 2.05) is 0 Å². The van der Waals surface area contributed by atoms with E-state index in [1.54, 1.807) is 11.6 Å². The molecule has 0 saturated heterocycles. The highest BCUT2D eigenvalue weighted by Gasteiger charge is 2.21. The second-order valence-corrected chi connectivity index (χ2v) is 7.49. The molecule has 10 nitrogen and oxygen atoms in total. The number of aromatic nitrogens is 5. The molecule has 2 aromatic rings. The van der Waals surface area contributed by atoms with Crippen LogP contribution in [0.1, 0.15) is 45.4 Å². The van der Waals surface area contributed by atoms with Gasteiger partial charge in [0.05, 0.1) is 5.75 Å².